The van der Waals surface area contributed by atoms with E-state index in [1.807, 2.05) is 0 Å². The standard InChI is InChI=1S/C12H9FN4/c1-8-4-10(13)9(5-15-8)11-6-17-7-14-3-2-12(17)16-11/h2-7H,1H3. The predicted molar refractivity (Wildman–Crippen MR) is 60.9 cm³/mol. The maximum atomic E-state index is 13.8. The van der Waals surface area contributed by atoms with E-state index in [1.165, 1.54) is 12.3 Å². The second-order valence-corrected chi connectivity index (χ2v) is 3.78. The number of nitrogens with zero attached hydrogens (tertiary/aromatic N) is 4. The Labute approximate surface area is 96.8 Å². The number of fused-ring (bicyclic) bond motifs is 1. The minimum Gasteiger partial charge on any atom is -0.290 e. The van der Waals surface area contributed by atoms with Gasteiger partial charge in [-0.1, -0.05) is 0 Å². The lowest BCUT2D eigenvalue weighted by molar-refractivity contribution is 0.627. The molecule has 3 aromatic rings. The third kappa shape index (κ3) is 1.65. The van der Waals surface area contributed by atoms with Crippen LogP contribution in [-0.4, -0.2) is 19.4 Å². The fraction of sp³-hybridized carbons (Fsp3) is 0.0833. The molecule has 4 nitrogen and oxygen atoms in total. The van der Waals surface area contributed by atoms with Gasteiger partial charge in [0, 0.05) is 24.3 Å². The molecule has 0 bridgehead atoms. The van der Waals surface area contributed by atoms with Crippen LogP contribution in [0.15, 0.2) is 37.1 Å². The Balaban J connectivity index is 2.20. The van der Waals surface area contributed by atoms with E-state index in [2.05, 4.69) is 15.0 Å². The molecule has 0 aromatic carbocycles. The Bertz CT molecular complexity index is 657. The molecule has 0 aliphatic heterocycles. The van der Waals surface area contributed by atoms with Gasteiger partial charge in [0.15, 0.2) is 0 Å². The molecule has 5 heteroatoms. The molecule has 0 aliphatic rings. The Morgan fingerprint density at radius 2 is 2.24 bits per heavy atom. The van der Waals surface area contributed by atoms with Crippen molar-refractivity contribution >= 4 is 5.65 Å². The highest BCUT2D eigenvalue weighted by atomic mass is 19.1. The quantitative estimate of drug-likeness (QED) is 0.641. The normalized spacial score (nSPS) is 10.9. The van der Waals surface area contributed by atoms with Crippen molar-refractivity contribution < 1.29 is 4.39 Å². The van der Waals surface area contributed by atoms with Gasteiger partial charge in [-0.05, 0) is 19.1 Å². The summed E-state index contributed by atoms with van der Waals surface area (Å²) in [6.07, 6.45) is 6.51. The highest BCUT2D eigenvalue weighted by Crippen LogP contribution is 2.21. The molecule has 0 saturated carbocycles. The van der Waals surface area contributed by atoms with Gasteiger partial charge in [0.25, 0.3) is 0 Å². The molecule has 0 saturated heterocycles. The molecular formula is C12H9FN4. The first kappa shape index (κ1) is 9.89. The SMILES string of the molecule is Cc1cc(F)c(-c2cn3cnccc3n2)cn1. The number of imidazole rings is 1. The summed E-state index contributed by atoms with van der Waals surface area (Å²) in [5.74, 6) is -0.311. The van der Waals surface area contributed by atoms with Crippen molar-refractivity contribution in [3.05, 3.63) is 48.6 Å². The summed E-state index contributed by atoms with van der Waals surface area (Å²) in [6, 6.07) is 3.17. The van der Waals surface area contributed by atoms with Crippen molar-refractivity contribution in [2.75, 3.05) is 0 Å². The van der Waals surface area contributed by atoms with E-state index < -0.39 is 0 Å². The van der Waals surface area contributed by atoms with Crippen LogP contribution < -0.4 is 0 Å². The molecule has 17 heavy (non-hydrogen) atoms. The molecule has 0 unspecified atom stereocenters. The molecular weight excluding hydrogens is 219 g/mol. The second kappa shape index (κ2) is 3.62. The van der Waals surface area contributed by atoms with Gasteiger partial charge in [-0.25, -0.2) is 14.4 Å². The van der Waals surface area contributed by atoms with E-state index in [4.69, 9.17) is 0 Å². The molecule has 0 aliphatic carbocycles. The first-order chi connectivity index (χ1) is 8.24. The monoisotopic (exact) mass is 228 g/mol. The van der Waals surface area contributed by atoms with Crippen LogP contribution >= 0.6 is 0 Å². The summed E-state index contributed by atoms with van der Waals surface area (Å²) >= 11 is 0. The van der Waals surface area contributed by atoms with E-state index in [0.717, 1.165) is 5.65 Å². The van der Waals surface area contributed by atoms with Crippen LogP contribution in [0.4, 0.5) is 4.39 Å². The van der Waals surface area contributed by atoms with Gasteiger partial charge >= 0.3 is 0 Å². The zero-order valence-electron chi connectivity index (χ0n) is 9.13. The number of pyridine rings is 1. The highest BCUT2D eigenvalue weighted by Gasteiger charge is 2.09. The zero-order valence-corrected chi connectivity index (χ0v) is 9.13. The predicted octanol–water partition coefficient (Wildman–Crippen LogP) is 2.24. The van der Waals surface area contributed by atoms with Crippen molar-refractivity contribution in [2.45, 2.75) is 6.92 Å². The number of aromatic nitrogens is 4. The maximum Gasteiger partial charge on any atom is 0.140 e. The van der Waals surface area contributed by atoms with Crippen molar-refractivity contribution in [2.24, 2.45) is 0 Å². The molecule has 3 aromatic heterocycles. The fourth-order valence-corrected chi connectivity index (χ4v) is 1.69. The number of aryl methyl sites for hydroxylation is 1. The maximum absolute atomic E-state index is 13.8. The Hall–Kier alpha value is -2.30. The molecule has 0 radical (unpaired) electrons. The van der Waals surface area contributed by atoms with Gasteiger partial charge in [-0.2, -0.15) is 0 Å². The Morgan fingerprint density at radius 3 is 3.00 bits per heavy atom. The molecule has 0 atom stereocenters. The van der Waals surface area contributed by atoms with E-state index >= 15 is 0 Å². The fourth-order valence-electron chi connectivity index (χ4n) is 1.69. The number of rotatable bonds is 1. The molecule has 0 fully saturated rings. The number of halogens is 1. The zero-order chi connectivity index (χ0) is 11.8. The third-order valence-electron chi connectivity index (χ3n) is 2.53. The van der Waals surface area contributed by atoms with Gasteiger partial charge in [0.2, 0.25) is 0 Å². The van der Waals surface area contributed by atoms with Gasteiger partial charge in [0.1, 0.15) is 17.8 Å². The lowest BCUT2D eigenvalue weighted by Crippen LogP contribution is -1.89. The van der Waals surface area contributed by atoms with E-state index in [-0.39, 0.29) is 5.82 Å². The smallest absolute Gasteiger partial charge is 0.140 e. The summed E-state index contributed by atoms with van der Waals surface area (Å²) in [5.41, 5.74) is 2.34. The van der Waals surface area contributed by atoms with Crippen LogP contribution in [0.5, 0.6) is 0 Å². The molecule has 84 valence electrons. The number of hydrogen-bond acceptors (Lipinski definition) is 3. The number of hydrogen-bond donors (Lipinski definition) is 0. The topological polar surface area (TPSA) is 43.1 Å². The molecule has 0 amide bonds. The summed E-state index contributed by atoms with van der Waals surface area (Å²) in [7, 11) is 0. The first-order valence-corrected chi connectivity index (χ1v) is 5.15. The van der Waals surface area contributed by atoms with Gasteiger partial charge in [0.05, 0.1) is 11.3 Å². The van der Waals surface area contributed by atoms with Crippen LogP contribution in [0.25, 0.3) is 16.9 Å². The van der Waals surface area contributed by atoms with Crippen LogP contribution in [0.2, 0.25) is 0 Å². The minimum atomic E-state index is -0.311. The van der Waals surface area contributed by atoms with Crippen molar-refractivity contribution in [3.63, 3.8) is 0 Å². The van der Waals surface area contributed by atoms with Crippen molar-refractivity contribution in [3.8, 4) is 11.3 Å². The average molecular weight is 228 g/mol. The van der Waals surface area contributed by atoms with Gasteiger partial charge < -0.3 is 0 Å². The molecule has 0 spiro atoms. The summed E-state index contributed by atoms with van der Waals surface area (Å²) < 4.78 is 15.5. The van der Waals surface area contributed by atoms with Crippen LogP contribution in [0.3, 0.4) is 0 Å². The van der Waals surface area contributed by atoms with Crippen LogP contribution in [0, 0.1) is 12.7 Å². The minimum absolute atomic E-state index is 0.311. The van der Waals surface area contributed by atoms with E-state index in [1.54, 1.807) is 36.1 Å². The van der Waals surface area contributed by atoms with E-state index in [9.17, 15) is 4.39 Å². The molecule has 0 N–H and O–H groups in total. The Kier molecular flexibility index (Phi) is 2.11. The average Bonchev–Trinajstić information content (AvgIpc) is 2.72. The summed E-state index contributed by atoms with van der Waals surface area (Å²) in [4.78, 5) is 12.4. The van der Waals surface area contributed by atoms with Gasteiger partial charge in [-0.3, -0.25) is 9.38 Å². The summed E-state index contributed by atoms with van der Waals surface area (Å²) in [5, 5.41) is 0. The van der Waals surface area contributed by atoms with Crippen LogP contribution in [0.1, 0.15) is 5.69 Å². The lowest BCUT2D eigenvalue weighted by atomic mass is 10.2. The van der Waals surface area contributed by atoms with Crippen molar-refractivity contribution in [1.82, 2.24) is 19.4 Å². The highest BCUT2D eigenvalue weighted by molar-refractivity contribution is 5.62. The third-order valence-corrected chi connectivity index (χ3v) is 2.53. The molecule has 3 heterocycles. The first-order valence-electron chi connectivity index (χ1n) is 5.15. The molecule has 3 rings (SSSR count). The second-order valence-electron chi connectivity index (χ2n) is 3.78. The largest absolute Gasteiger partial charge is 0.290 e. The van der Waals surface area contributed by atoms with Crippen molar-refractivity contribution in [1.29, 1.82) is 0 Å². The summed E-state index contributed by atoms with van der Waals surface area (Å²) in [6.45, 7) is 1.75. The Morgan fingerprint density at radius 1 is 1.35 bits per heavy atom. The van der Waals surface area contributed by atoms with Crippen LogP contribution in [-0.2, 0) is 0 Å². The van der Waals surface area contributed by atoms with E-state index in [0.29, 0.717) is 17.0 Å². The lowest BCUT2D eigenvalue weighted by Gasteiger charge is -1.98. The van der Waals surface area contributed by atoms with Gasteiger partial charge in [-0.15, -0.1) is 0 Å².